The molecule has 0 bridgehead atoms. The molecule has 9 N–H and O–H groups in total. The Hall–Kier alpha value is -4.45. The Morgan fingerprint density at radius 1 is 0.974 bits per heavy atom. The number of nitrogens with one attached hydrogen (secondary N) is 4. The molecule has 1 fully saturated rings. The van der Waals surface area contributed by atoms with E-state index in [0.29, 0.717) is 5.56 Å². The highest BCUT2D eigenvalue weighted by Gasteiger charge is 2.32. The Bertz CT molecular complexity index is 1160. The van der Waals surface area contributed by atoms with Crippen molar-refractivity contribution in [1.29, 1.82) is 0 Å². The number of hydrogen-bond acceptors (Lipinski definition) is 7. The lowest BCUT2D eigenvalue weighted by molar-refractivity contribution is -0.135. The minimum Gasteiger partial charge on any atom is -0.508 e. The predicted octanol–water partition coefficient (Wildman–Crippen LogP) is -1.65. The molecule has 5 amide bonds. The summed E-state index contributed by atoms with van der Waals surface area (Å²) >= 11 is 0. The molecule has 202 valence electrons. The predicted molar refractivity (Wildman–Crippen MR) is 137 cm³/mol. The summed E-state index contributed by atoms with van der Waals surface area (Å²) < 4.78 is 0. The smallest absolute Gasteiger partial charge is 0.243 e. The second-order valence-electron chi connectivity index (χ2n) is 9.10. The van der Waals surface area contributed by atoms with Crippen molar-refractivity contribution >= 4 is 29.5 Å². The molecule has 2 aromatic rings. The van der Waals surface area contributed by atoms with Gasteiger partial charge in [0.2, 0.25) is 29.5 Å². The van der Waals surface area contributed by atoms with Crippen LogP contribution in [-0.4, -0.2) is 65.4 Å². The van der Waals surface area contributed by atoms with Crippen molar-refractivity contribution in [2.24, 2.45) is 11.5 Å². The van der Waals surface area contributed by atoms with Crippen molar-refractivity contribution in [2.75, 3.05) is 6.54 Å². The van der Waals surface area contributed by atoms with Crippen molar-refractivity contribution in [1.82, 2.24) is 21.3 Å². The fourth-order valence-corrected chi connectivity index (χ4v) is 3.97. The maximum atomic E-state index is 13.2. The number of rotatable bonds is 7. The first-order chi connectivity index (χ1) is 18.1. The van der Waals surface area contributed by atoms with Crippen LogP contribution in [0.15, 0.2) is 54.6 Å². The average Bonchev–Trinajstić information content (AvgIpc) is 2.88. The first kappa shape index (κ1) is 28.1. The number of amides is 5. The van der Waals surface area contributed by atoms with E-state index in [1.165, 1.54) is 12.1 Å². The van der Waals surface area contributed by atoms with Gasteiger partial charge in [0.25, 0.3) is 0 Å². The van der Waals surface area contributed by atoms with Crippen molar-refractivity contribution in [3.63, 3.8) is 0 Å². The van der Waals surface area contributed by atoms with Crippen LogP contribution in [0, 0.1) is 0 Å². The lowest BCUT2D eigenvalue weighted by Crippen LogP contribution is -2.59. The van der Waals surface area contributed by atoms with Gasteiger partial charge >= 0.3 is 0 Å². The first-order valence-electron chi connectivity index (χ1n) is 12.2. The maximum Gasteiger partial charge on any atom is 0.243 e. The third kappa shape index (κ3) is 8.30. The number of aromatic hydroxyl groups is 1. The number of carbonyl (C=O) groups excluding carboxylic acids is 5. The molecule has 0 aliphatic carbocycles. The van der Waals surface area contributed by atoms with E-state index in [1.54, 1.807) is 42.5 Å². The largest absolute Gasteiger partial charge is 0.508 e. The van der Waals surface area contributed by atoms with Crippen LogP contribution in [0.3, 0.4) is 0 Å². The number of primary amides is 1. The summed E-state index contributed by atoms with van der Waals surface area (Å²) in [5.41, 5.74) is 12.9. The molecule has 12 nitrogen and oxygen atoms in total. The normalized spacial score (nSPS) is 21.5. The van der Waals surface area contributed by atoms with Crippen LogP contribution >= 0.6 is 0 Å². The quantitative estimate of drug-likeness (QED) is 0.224. The monoisotopic (exact) mass is 524 g/mol. The molecule has 0 spiro atoms. The summed E-state index contributed by atoms with van der Waals surface area (Å²) in [5.74, 6) is -3.32. The number of hydrogen-bond donors (Lipinski definition) is 7. The Morgan fingerprint density at radius 3 is 2.32 bits per heavy atom. The Morgan fingerprint density at radius 2 is 1.66 bits per heavy atom. The summed E-state index contributed by atoms with van der Waals surface area (Å²) in [5, 5.41) is 19.7. The summed E-state index contributed by atoms with van der Waals surface area (Å²) in [6.07, 6.45) is -0.144. The third-order valence-corrected chi connectivity index (χ3v) is 6.08. The van der Waals surface area contributed by atoms with Crippen molar-refractivity contribution in [3.8, 4) is 5.75 Å². The van der Waals surface area contributed by atoms with Gasteiger partial charge in [-0.1, -0.05) is 42.5 Å². The molecule has 1 saturated heterocycles. The number of phenols is 1. The fraction of sp³-hybridized carbons (Fsp3) is 0.346. The molecule has 3 rings (SSSR count). The summed E-state index contributed by atoms with van der Waals surface area (Å²) in [4.78, 5) is 63.5. The fourth-order valence-electron chi connectivity index (χ4n) is 3.97. The van der Waals surface area contributed by atoms with Gasteiger partial charge in [-0.05, 0) is 36.1 Å². The lowest BCUT2D eigenvalue weighted by Gasteiger charge is -2.26. The average molecular weight is 525 g/mol. The summed E-state index contributed by atoms with van der Waals surface area (Å²) in [6.45, 7) is 0.0126. The Labute approximate surface area is 219 Å². The molecule has 38 heavy (non-hydrogen) atoms. The maximum absolute atomic E-state index is 13.2. The van der Waals surface area contributed by atoms with E-state index in [4.69, 9.17) is 11.5 Å². The molecule has 0 radical (unpaired) electrons. The van der Waals surface area contributed by atoms with Gasteiger partial charge in [0.15, 0.2) is 0 Å². The molecule has 1 aliphatic heterocycles. The third-order valence-electron chi connectivity index (χ3n) is 6.08. The zero-order valence-electron chi connectivity index (χ0n) is 20.7. The van der Waals surface area contributed by atoms with Crippen LogP contribution in [0.1, 0.15) is 24.0 Å². The van der Waals surface area contributed by atoms with Gasteiger partial charge in [-0.25, -0.2) is 0 Å². The molecule has 12 heteroatoms. The van der Waals surface area contributed by atoms with E-state index < -0.39 is 60.1 Å². The zero-order chi connectivity index (χ0) is 27.7. The molecule has 1 heterocycles. The number of phenolic OH excluding ortho intramolecular Hbond substituents is 1. The summed E-state index contributed by atoms with van der Waals surface area (Å²) in [7, 11) is 0. The molecule has 2 aromatic carbocycles. The highest BCUT2D eigenvalue weighted by Crippen LogP contribution is 2.11. The van der Waals surface area contributed by atoms with E-state index in [9.17, 15) is 29.1 Å². The van der Waals surface area contributed by atoms with Gasteiger partial charge in [-0.15, -0.1) is 0 Å². The SMILES string of the molecule is NC(=O)[C@@H]1CCNC(=O)C[C@@H](NC(=O)[C@@H](N)Cc2ccc(O)cc2)C(=O)N[C@@H](Cc2ccccc2)C(=O)N1. The van der Waals surface area contributed by atoms with Crippen LogP contribution in [-0.2, 0) is 36.8 Å². The molecular formula is C26H32N6O6. The van der Waals surface area contributed by atoms with Gasteiger partial charge in [0.05, 0.1) is 12.5 Å². The van der Waals surface area contributed by atoms with E-state index in [-0.39, 0.29) is 31.6 Å². The molecule has 0 aromatic heterocycles. The van der Waals surface area contributed by atoms with E-state index >= 15 is 0 Å². The van der Waals surface area contributed by atoms with Gasteiger partial charge < -0.3 is 37.8 Å². The molecule has 4 atom stereocenters. The molecular weight excluding hydrogens is 492 g/mol. The van der Waals surface area contributed by atoms with Crippen LogP contribution in [0.2, 0.25) is 0 Å². The Balaban J connectivity index is 1.79. The van der Waals surface area contributed by atoms with Crippen LogP contribution in [0.25, 0.3) is 0 Å². The highest BCUT2D eigenvalue weighted by molar-refractivity contribution is 5.97. The minimum absolute atomic E-state index is 0.0126. The van der Waals surface area contributed by atoms with Crippen LogP contribution < -0.4 is 32.7 Å². The van der Waals surface area contributed by atoms with Gasteiger partial charge in [0, 0.05) is 13.0 Å². The zero-order valence-corrected chi connectivity index (χ0v) is 20.7. The van der Waals surface area contributed by atoms with E-state index in [2.05, 4.69) is 21.3 Å². The van der Waals surface area contributed by atoms with Crippen molar-refractivity contribution in [2.45, 2.75) is 49.9 Å². The number of benzene rings is 2. The summed E-state index contributed by atoms with van der Waals surface area (Å²) in [6, 6.07) is 10.5. The van der Waals surface area contributed by atoms with Crippen LogP contribution in [0.5, 0.6) is 5.75 Å². The second-order valence-corrected chi connectivity index (χ2v) is 9.10. The first-order valence-corrected chi connectivity index (χ1v) is 12.2. The van der Waals surface area contributed by atoms with Crippen molar-refractivity contribution < 1.29 is 29.1 Å². The number of nitrogens with two attached hydrogens (primary N) is 2. The minimum atomic E-state index is -1.31. The second kappa shape index (κ2) is 13.2. The van der Waals surface area contributed by atoms with Crippen molar-refractivity contribution in [3.05, 3.63) is 65.7 Å². The highest BCUT2D eigenvalue weighted by atomic mass is 16.3. The van der Waals surface area contributed by atoms with Gasteiger partial charge in [-0.3, -0.25) is 24.0 Å². The topological polar surface area (TPSA) is 206 Å². The molecule has 0 unspecified atom stereocenters. The van der Waals surface area contributed by atoms with Gasteiger partial charge in [-0.2, -0.15) is 0 Å². The van der Waals surface area contributed by atoms with Gasteiger partial charge in [0.1, 0.15) is 23.9 Å². The molecule has 1 aliphatic rings. The molecule has 0 saturated carbocycles. The number of carbonyl (C=O) groups is 5. The standard InChI is InChI=1S/C26H32N6O6/c27-18(12-16-6-8-17(33)9-7-16)24(36)31-21-14-22(34)29-11-10-19(23(28)35)30-25(37)20(32-26(21)38)13-15-4-2-1-3-5-15/h1-9,18-21,33H,10-14,27H2,(H2,28,35)(H,29,34)(H,30,37)(H,31,36)(H,32,38)/t18-,19-,20-,21+/m0/s1. The van der Waals surface area contributed by atoms with E-state index in [1.807, 2.05) is 0 Å². The van der Waals surface area contributed by atoms with Crippen LogP contribution in [0.4, 0.5) is 0 Å². The lowest BCUT2D eigenvalue weighted by atomic mass is 10.0. The Kier molecular flexibility index (Phi) is 9.77. The van der Waals surface area contributed by atoms with E-state index in [0.717, 1.165) is 5.56 Å².